The molecule has 18 heavy (non-hydrogen) atoms. The number of fused-ring (bicyclic) bond motifs is 3. The molecule has 2 heterocycles. The maximum absolute atomic E-state index is 11.2. The number of nitrogens with two attached hydrogens (primary N) is 1. The minimum absolute atomic E-state index is 0.397. The normalized spacial score (nSPS) is 12.0. The summed E-state index contributed by atoms with van der Waals surface area (Å²) < 4.78 is 0. The summed E-state index contributed by atoms with van der Waals surface area (Å²) in [4.78, 5) is 15.5. The van der Waals surface area contributed by atoms with Crippen LogP contribution in [0.2, 0.25) is 0 Å². The van der Waals surface area contributed by atoms with Crippen LogP contribution in [0.5, 0.6) is 0 Å². The van der Waals surface area contributed by atoms with E-state index in [4.69, 9.17) is 5.73 Å². The lowest BCUT2D eigenvalue weighted by Gasteiger charge is -2.09. The molecular formula is C14H11N3O. The van der Waals surface area contributed by atoms with Gasteiger partial charge in [0, 0.05) is 18.0 Å². The van der Waals surface area contributed by atoms with E-state index in [0.717, 1.165) is 22.5 Å². The Morgan fingerprint density at radius 2 is 2.11 bits per heavy atom. The number of benzene rings is 1. The molecule has 3 rings (SSSR count). The number of rotatable bonds is 1. The van der Waals surface area contributed by atoms with Crippen LogP contribution >= 0.6 is 0 Å². The van der Waals surface area contributed by atoms with Gasteiger partial charge in [0.2, 0.25) is 5.91 Å². The molecule has 1 aliphatic rings. The van der Waals surface area contributed by atoms with Crippen LogP contribution in [0.25, 0.3) is 17.3 Å². The van der Waals surface area contributed by atoms with E-state index >= 15 is 0 Å². The SMILES string of the molecule is NC(=O)c1cnc2c(c1)NC=Cc1ccccc1-2. The van der Waals surface area contributed by atoms with Crippen LogP contribution in [0.3, 0.4) is 0 Å². The number of amides is 1. The Morgan fingerprint density at radius 1 is 1.28 bits per heavy atom. The van der Waals surface area contributed by atoms with Gasteiger partial charge in [0.25, 0.3) is 0 Å². The highest BCUT2D eigenvalue weighted by atomic mass is 16.1. The fourth-order valence-electron chi connectivity index (χ4n) is 2.00. The molecule has 0 spiro atoms. The number of carbonyl (C=O) groups is 1. The van der Waals surface area contributed by atoms with E-state index in [9.17, 15) is 4.79 Å². The molecule has 4 nitrogen and oxygen atoms in total. The predicted octanol–water partition coefficient (Wildman–Crippen LogP) is 2.24. The van der Waals surface area contributed by atoms with Crippen molar-refractivity contribution in [2.45, 2.75) is 0 Å². The van der Waals surface area contributed by atoms with Gasteiger partial charge in [0.1, 0.15) is 0 Å². The first-order valence-corrected chi connectivity index (χ1v) is 5.58. The second-order valence-corrected chi connectivity index (χ2v) is 4.05. The number of anilines is 1. The molecule has 0 bridgehead atoms. The van der Waals surface area contributed by atoms with Crippen LogP contribution in [0, 0.1) is 0 Å². The standard InChI is InChI=1S/C14H11N3O/c15-14(18)10-7-12-13(17-8-10)11-4-2-1-3-9(11)5-6-16-12/h1-8,16H,(H2,15,18). The van der Waals surface area contributed by atoms with Crippen LogP contribution in [-0.4, -0.2) is 10.9 Å². The largest absolute Gasteiger partial charge is 0.366 e. The highest BCUT2D eigenvalue weighted by molar-refractivity contribution is 5.95. The number of aromatic nitrogens is 1. The van der Waals surface area contributed by atoms with E-state index in [2.05, 4.69) is 10.3 Å². The second-order valence-electron chi connectivity index (χ2n) is 4.05. The van der Waals surface area contributed by atoms with Crippen molar-refractivity contribution < 1.29 is 4.79 Å². The lowest BCUT2D eigenvalue weighted by molar-refractivity contribution is 0.1000. The Morgan fingerprint density at radius 3 is 2.94 bits per heavy atom. The molecule has 0 saturated carbocycles. The number of pyridine rings is 1. The van der Waals surface area contributed by atoms with Gasteiger partial charge >= 0.3 is 0 Å². The number of primary amides is 1. The van der Waals surface area contributed by atoms with Gasteiger partial charge in [0.05, 0.1) is 16.9 Å². The van der Waals surface area contributed by atoms with Crippen molar-refractivity contribution in [3.63, 3.8) is 0 Å². The van der Waals surface area contributed by atoms with Gasteiger partial charge in [-0.25, -0.2) is 0 Å². The first kappa shape index (κ1) is 10.5. The van der Waals surface area contributed by atoms with Crippen molar-refractivity contribution in [3.05, 3.63) is 53.9 Å². The van der Waals surface area contributed by atoms with Crippen LogP contribution in [0.4, 0.5) is 5.69 Å². The zero-order valence-corrected chi connectivity index (χ0v) is 9.55. The lowest BCUT2D eigenvalue weighted by Crippen LogP contribution is -2.12. The van der Waals surface area contributed by atoms with Gasteiger partial charge in [-0.3, -0.25) is 9.78 Å². The first-order chi connectivity index (χ1) is 8.75. The molecule has 0 aliphatic carbocycles. The molecule has 0 saturated heterocycles. The molecule has 88 valence electrons. The highest BCUT2D eigenvalue weighted by Crippen LogP contribution is 2.32. The molecule has 1 aliphatic heterocycles. The third-order valence-electron chi connectivity index (χ3n) is 2.89. The van der Waals surface area contributed by atoms with Crippen LogP contribution < -0.4 is 11.1 Å². The monoisotopic (exact) mass is 237 g/mol. The van der Waals surface area contributed by atoms with E-state index in [1.165, 1.54) is 6.20 Å². The fraction of sp³-hybridized carbons (Fsp3) is 0. The van der Waals surface area contributed by atoms with Crippen molar-refractivity contribution in [2.24, 2.45) is 5.73 Å². The molecule has 3 N–H and O–H groups in total. The van der Waals surface area contributed by atoms with Gasteiger partial charge in [-0.15, -0.1) is 0 Å². The van der Waals surface area contributed by atoms with Crippen LogP contribution in [0.1, 0.15) is 15.9 Å². The molecule has 0 fully saturated rings. The second kappa shape index (κ2) is 4.00. The summed E-state index contributed by atoms with van der Waals surface area (Å²) in [5.74, 6) is -0.478. The third kappa shape index (κ3) is 1.64. The summed E-state index contributed by atoms with van der Waals surface area (Å²) >= 11 is 0. The number of hydrogen-bond donors (Lipinski definition) is 2. The Bertz CT molecular complexity index is 662. The molecular weight excluding hydrogens is 226 g/mol. The van der Waals surface area contributed by atoms with Gasteiger partial charge in [-0.1, -0.05) is 24.3 Å². The number of hydrogen-bond acceptors (Lipinski definition) is 3. The molecule has 4 heteroatoms. The zero-order chi connectivity index (χ0) is 12.5. The maximum atomic E-state index is 11.2. The number of carbonyl (C=O) groups excluding carboxylic acids is 1. The number of nitrogens with zero attached hydrogens (tertiary/aromatic N) is 1. The minimum Gasteiger partial charge on any atom is -0.366 e. The van der Waals surface area contributed by atoms with Gasteiger partial charge in [0.15, 0.2) is 0 Å². The summed E-state index contributed by atoms with van der Waals surface area (Å²) in [6.45, 7) is 0. The predicted molar refractivity (Wildman–Crippen MR) is 70.8 cm³/mol. The van der Waals surface area contributed by atoms with Crippen molar-refractivity contribution in [2.75, 3.05) is 5.32 Å². The van der Waals surface area contributed by atoms with E-state index in [1.807, 2.05) is 36.5 Å². The van der Waals surface area contributed by atoms with Crippen molar-refractivity contribution in [1.82, 2.24) is 4.98 Å². The lowest BCUT2D eigenvalue weighted by atomic mass is 10.0. The van der Waals surface area contributed by atoms with E-state index in [-0.39, 0.29) is 0 Å². The van der Waals surface area contributed by atoms with E-state index in [0.29, 0.717) is 5.56 Å². The van der Waals surface area contributed by atoms with Crippen molar-refractivity contribution in [1.29, 1.82) is 0 Å². The molecule has 1 aromatic carbocycles. The first-order valence-electron chi connectivity index (χ1n) is 5.58. The van der Waals surface area contributed by atoms with Gasteiger partial charge in [-0.05, 0) is 17.7 Å². The summed E-state index contributed by atoms with van der Waals surface area (Å²) in [6.07, 6.45) is 5.31. The molecule has 2 aromatic rings. The van der Waals surface area contributed by atoms with Crippen molar-refractivity contribution in [3.8, 4) is 11.3 Å². The quantitative estimate of drug-likeness (QED) is 0.799. The Kier molecular flexibility index (Phi) is 2.34. The third-order valence-corrected chi connectivity index (χ3v) is 2.89. The minimum atomic E-state index is -0.478. The van der Waals surface area contributed by atoms with Crippen molar-refractivity contribution >= 4 is 17.7 Å². The van der Waals surface area contributed by atoms with Crippen LogP contribution in [0.15, 0.2) is 42.7 Å². The molecule has 0 radical (unpaired) electrons. The zero-order valence-electron chi connectivity index (χ0n) is 9.55. The number of nitrogens with one attached hydrogen (secondary N) is 1. The average Bonchev–Trinajstić information content (AvgIpc) is 2.57. The average molecular weight is 237 g/mol. The van der Waals surface area contributed by atoms with Gasteiger partial charge in [-0.2, -0.15) is 0 Å². The summed E-state index contributed by atoms with van der Waals surface area (Å²) in [5.41, 5.74) is 9.38. The fourth-order valence-corrected chi connectivity index (χ4v) is 2.00. The highest BCUT2D eigenvalue weighted by Gasteiger charge is 2.13. The Balaban J connectivity index is 2.23. The van der Waals surface area contributed by atoms with Crippen LogP contribution in [-0.2, 0) is 0 Å². The Hall–Kier alpha value is -2.62. The summed E-state index contributed by atoms with van der Waals surface area (Å²) in [7, 11) is 0. The summed E-state index contributed by atoms with van der Waals surface area (Å²) in [6, 6.07) is 9.68. The molecule has 1 aromatic heterocycles. The van der Waals surface area contributed by atoms with E-state index in [1.54, 1.807) is 6.07 Å². The van der Waals surface area contributed by atoms with E-state index < -0.39 is 5.91 Å². The summed E-state index contributed by atoms with van der Waals surface area (Å²) in [5, 5.41) is 3.12. The Labute approximate surface area is 104 Å². The molecule has 1 amide bonds. The molecule has 0 unspecified atom stereocenters. The smallest absolute Gasteiger partial charge is 0.250 e. The molecule has 0 atom stereocenters. The van der Waals surface area contributed by atoms with Gasteiger partial charge < -0.3 is 11.1 Å². The maximum Gasteiger partial charge on any atom is 0.250 e. The topological polar surface area (TPSA) is 68.0 Å².